The average molecular weight is 256 g/mol. The Morgan fingerprint density at radius 2 is 1.94 bits per heavy atom. The van der Waals surface area contributed by atoms with E-state index in [0.29, 0.717) is 12.6 Å². The maximum atomic E-state index is 11.8. The van der Waals surface area contributed by atoms with Crippen molar-refractivity contribution >= 4 is 11.8 Å². The van der Waals surface area contributed by atoms with Crippen molar-refractivity contribution in [2.45, 2.75) is 31.3 Å². The minimum atomic E-state index is -4.09. The zero-order valence-electron chi connectivity index (χ0n) is 9.52. The maximum absolute atomic E-state index is 11.8. The number of alkyl halides is 3. The molecule has 1 fully saturated rings. The van der Waals surface area contributed by atoms with Gasteiger partial charge in [-0.05, 0) is 44.6 Å². The van der Waals surface area contributed by atoms with Gasteiger partial charge in [0.1, 0.15) is 0 Å². The first-order chi connectivity index (χ1) is 7.49. The van der Waals surface area contributed by atoms with Gasteiger partial charge in [0, 0.05) is 24.9 Å². The van der Waals surface area contributed by atoms with Crippen LogP contribution in [0.5, 0.6) is 0 Å². The van der Waals surface area contributed by atoms with Crippen LogP contribution >= 0.6 is 11.8 Å². The predicted molar refractivity (Wildman–Crippen MR) is 61.7 cm³/mol. The highest BCUT2D eigenvalue weighted by Crippen LogP contribution is 2.29. The molecule has 0 aromatic rings. The van der Waals surface area contributed by atoms with Gasteiger partial charge in [-0.1, -0.05) is 0 Å². The molecule has 1 N–H and O–H groups in total. The van der Waals surface area contributed by atoms with Gasteiger partial charge in [0.2, 0.25) is 0 Å². The van der Waals surface area contributed by atoms with E-state index < -0.39 is 5.51 Å². The van der Waals surface area contributed by atoms with Crippen molar-refractivity contribution in [2.24, 2.45) is 0 Å². The summed E-state index contributed by atoms with van der Waals surface area (Å²) < 4.78 is 35.4. The zero-order valence-corrected chi connectivity index (χ0v) is 10.3. The summed E-state index contributed by atoms with van der Waals surface area (Å²) in [5.41, 5.74) is -4.09. The van der Waals surface area contributed by atoms with Crippen molar-refractivity contribution in [3.05, 3.63) is 0 Å². The largest absolute Gasteiger partial charge is 0.441 e. The lowest BCUT2D eigenvalue weighted by molar-refractivity contribution is -0.0327. The molecule has 1 atom stereocenters. The van der Waals surface area contributed by atoms with Gasteiger partial charge in [0.05, 0.1) is 0 Å². The SMILES string of the molecule is CC(CNCCSC(F)(F)F)N1CCCC1. The number of hydrogen-bond donors (Lipinski definition) is 1. The van der Waals surface area contributed by atoms with Crippen LogP contribution in [-0.4, -0.2) is 48.4 Å². The van der Waals surface area contributed by atoms with Gasteiger partial charge >= 0.3 is 5.51 Å². The lowest BCUT2D eigenvalue weighted by atomic mass is 10.3. The van der Waals surface area contributed by atoms with E-state index in [2.05, 4.69) is 17.1 Å². The molecule has 0 spiro atoms. The molecule has 6 heteroatoms. The van der Waals surface area contributed by atoms with Crippen LogP contribution in [0.1, 0.15) is 19.8 Å². The second-order valence-corrected chi connectivity index (χ2v) is 5.25. The van der Waals surface area contributed by atoms with Crippen LogP contribution in [0.3, 0.4) is 0 Å². The molecule has 0 amide bonds. The number of nitrogens with zero attached hydrogens (tertiary/aromatic N) is 1. The highest BCUT2D eigenvalue weighted by Gasteiger charge is 2.27. The summed E-state index contributed by atoms with van der Waals surface area (Å²) in [5.74, 6) is 0.0935. The van der Waals surface area contributed by atoms with Gasteiger partial charge in [-0.15, -0.1) is 0 Å². The van der Waals surface area contributed by atoms with E-state index in [1.165, 1.54) is 12.8 Å². The number of halogens is 3. The van der Waals surface area contributed by atoms with Crippen molar-refractivity contribution in [2.75, 3.05) is 31.9 Å². The summed E-state index contributed by atoms with van der Waals surface area (Å²) in [6, 6.07) is 0.429. The minimum Gasteiger partial charge on any atom is -0.314 e. The normalized spacial score (nSPS) is 20.2. The molecule has 1 aliphatic heterocycles. The van der Waals surface area contributed by atoms with Crippen molar-refractivity contribution in [1.82, 2.24) is 10.2 Å². The van der Waals surface area contributed by atoms with E-state index in [4.69, 9.17) is 0 Å². The Labute approximate surface area is 98.9 Å². The third-order valence-corrected chi connectivity index (χ3v) is 3.48. The minimum absolute atomic E-state index is 0.0414. The Bertz CT molecular complexity index is 193. The summed E-state index contributed by atoms with van der Waals surface area (Å²) in [5, 5.41) is 3.07. The molecule has 1 aliphatic rings. The molecule has 16 heavy (non-hydrogen) atoms. The molecular formula is C10H19F3N2S. The predicted octanol–water partition coefficient (Wildman–Crippen LogP) is 2.31. The van der Waals surface area contributed by atoms with Crippen LogP contribution < -0.4 is 5.32 Å². The number of nitrogens with one attached hydrogen (secondary N) is 1. The maximum Gasteiger partial charge on any atom is 0.441 e. The monoisotopic (exact) mass is 256 g/mol. The molecule has 96 valence electrons. The van der Waals surface area contributed by atoms with Gasteiger partial charge < -0.3 is 5.32 Å². The fourth-order valence-electron chi connectivity index (χ4n) is 1.86. The molecule has 0 aromatic heterocycles. The average Bonchev–Trinajstić information content (AvgIpc) is 2.67. The second kappa shape index (κ2) is 6.71. The summed E-state index contributed by atoms with van der Waals surface area (Å²) in [7, 11) is 0. The quantitative estimate of drug-likeness (QED) is 0.734. The molecule has 1 unspecified atom stereocenters. The molecular weight excluding hydrogens is 237 g/mol. The van der Waals surface area contributed by atoms with Gasteiger partial charge in [-0.3, -0.25) is 4.90 Å². The molecule has 2 nitrogen and oxygen atoms in total. The Balaban J connectivity index is 1.98. The van der Waals surface area contributed by atoms with Crippen molar-refractivity contribution < 1.29 is 13.2 Å². The lowest BCUT2D eigenvalue weighted by Crippen LogP contribution is -2.39. The first-order valence-corrected chi connectivity index (χ1v) is 6.63. The first-order valence-electron chi connectivity index (χ1n) is 5.64. The molecule has 0 radical (unpaired) electrons. The molecule has 0 aromatic carbocycles. The summed E-state index contributed by atoms with van der Waals surface area (Å²) in [6.07, 6.45) is 2.49. The molecule has 1 heterocycles. The summed E-state index contributed by atoms with van der Waals surface area (Å²) in [4.78, 5) is 2.38. The van der Waals surface area contributed by atoms with Crippen molar-refractivity contribution in [3.63, 3.8) is 0 Å². The highest BCUT2D eigenvalue weighted by molar-refractivity contribution is 8.00. The molecule has 1 saturated heterocycles. The number of likely N-dealkylation sites (tertiary alicyclic amines) is 1. The van der Waals surface area contributed by atoms with Crippen LogP contribution in [-0.2, 0) is 0 Å². The van der Waals surface area contributed by atoms with E-state index >= 15 is 0 Å². The van der Waals surface area contributed by atoms with E-state index in [1.54, 1.807) is 0 Å². The first kappa shape index (κ1) is 14.1. The molecule has 0 aliphatic carbocycles. The Kier molecular flexibility index (Phi) is 5.92. The van der Waals surface area contributed by atoms with Gasteiger partial charge in [0.25, 0.3) is 0 Å². The van der Waals surface area contributed by atoms with Crippen molar-refractivity contribution in [3.8, 4) is 0 Å². The highest BCUT2D eigenvalue weighted by atomic mass is 32.2. The standard InChI is InChI=1S/C10H19F3N2S/c1-9(15-5-2-3-6-15)8-14-4-7-16-10(11,12)13/h9,14H,2-8H2,1H3. The van der Waals surface area contributed by atoms with E-state index in [1.807, 2.05) is 0 Å². The van der Waals surface area contributed by atoms with E-state index in [-0.39, 0.29) is 17.5 Å². The van der Waals surface area contributed by atoms with Crippen LogP contribution in [0.25, 0.3) is 0 Å². The smallest absolute Gasteiger partial charge is 0.314 e. The van der Waals surface area contributed by atoms with Crippen molar-refractivity contribution in [1.29, 1.82) is 0 Å². The molecule has 0 saturated carbocycles. The van der Waals surface area contributed by atoms with E-state index in [0.717, 1.165) is 19.6 Å². The van der Waals surface area contributed by atoms with Crippen LogP contribution in [0.2, 0.25) is 0 Å². The van der Waals surface area contributed by atoms with Gasteiger partial charge in [-0.25, -0.2) is 0 Å². The second-order valence-electron chi connectivity index (χ2n) is 4.09. The summed E-state index contributed by atoms with van der Waals surface area (Å²) in [6.45, 7) is 5.57. The molecule has 1 rings (SSSR count). The zero-order chi connectivity index (χ0) is 12.0. The topological polar surface area (TPSA) is 15.3 Å². The number of thioether (sulfide) groups is 1. The Morgan fingerprint density at radius 3 is 2.50 bits per heavy atom. The lowest BCUT2D eigenvalue weighted by Gasteiger charge is -2.23. The summed E-state index contributed by atoms with van der Waals surface area (Å²) >= 11 is 0.0414. The van der Waals surface area contributed by atoms with Crippen LogP contribution in [0.15, 0.2) is 0 Å². The fraction of sp³-hybridized carbons (Fsp3) is 1.00. The number of rotatable bonds is 6. The fourth-order valence-corrected chi connectivity index (χ4v) is 2.34. The third kappa shape index (κ3) is 5.96. The Hall–Kier alpha value is 0.0600. The van der Waals surface area contributed by atoms with Gasteiger partial charge in [0.15, 0.2) is 0 Å². The third-order valence-electron chi connectivity index (χ3n) is 2.75. The number of hydrogen-bond acceptors (Lipinski definition) is 3. The Morgan fingerprint density at radius 1 is 1.31 bits per heavy atom. The van der Waals surface area contributed by atoms with Crippen LogP contribution in [0, 0.1) is 0 Å². The molecule has 0 bridgehead atoms. The van der Waals surface area contributed by atoms with Crippen LogP contribution in [0.4, 0.5) is 13.2 Å². The van der Waals surface area contributed by atoms with Gasteiger partial charge in [-0.2, -0.15) is 13.2 Å². The van der Waals surface area contributed by atoms with E-state index in [9.17, 15) is 13.2 Å².